The number of hydrogen-bond donors (Lipinski definition) is 1. The van der Waals surface area contributed by atoms with Gasteiger partial charge in [0.25, 0.3) is 0 Å². The molecule has 26 heavy (non-hydrogen) atoms. The topological polar surface area (TPSA) is 69.8 Å². The number of nitrogens with one attached hydrogen (secondary N) is 1. The Morgan fingerprint density at radius 2 is 2.31 bits per heavy atom. The van der Waals surface area contributed by atoms with Crippen LogP contribution in [0.15, 0.2) is 49.4 Å². The molecular weight excluding hydrogens is 328 g/mol. The van der Waals surface area contributed by atoms with Crippen LogP contribution in [0.2, 0.25) is 0 Å². The van der Waals surface area contributed by atoms with E-state index in [9.17, 15) is 0 Å². The van der Waals surface area contributed by atoms with Gasteiger partial charge in [0, 0.05) is 68.6 Å². The molecule has 0 aliphatic carbocycles. The van der Waals surface area contributed by atoms with E-state index in [-0.39, 0.29) is 6.10 Å². The Morgan fingerprint density at radius 1 is 1.35 bits per heavy atom. The molecule has 1 saturated heterocycles. The third kappa shape index (κ3) is 3.68. The monoisotopic (exact) mass is 352 g/mol. The predicted octanol–water partition coefficient (Wildman–Crippen LogP) is 2.26. The van der Waals surface area contributed by atoms with Crippen LogP contribution < -0.4 is 5.32 Å². The number of pyridine rings is 1. The summed E-state index contributed by atoms with van der Waals surface area (Å²) >= 11 is 0. The first kappa shape index (κ1) is 16.9. The van der Waals surface area contributed by atoms with E-state index in [1.807, 2.05) is 41.0 Å². The normalized spacial score (nSPS) is 20.3. The molecule has 4 rings (SSSR count). The maximum absolute atomic E-state index is 6.06. The fraction of sp³-hybridized carbons (Fsp3) is 0.421. The highest BCUT2D eigenvalue weighted by Crippen LogP contribution is 2.33. The van der Waals surface area contributed by atoms with Crippen LogP contribution in [-0.4, -0.2) is 37.5 Å². The predicted molar refractivity (Wildman–Crippen MR) is 97.7 cm³/mol. The second kappa shape index (κ2) is 7.80. The number of imidazole rings is 1. The van der Waals surface area contributed by atoms with Gasteiger partial charge in [0.15, 0.2) is 0 Å². The molecule has 0 aromatic carbocycles. The summed E-state index contributed by atoms with van der Waals surface area (Å²) in [5, 5.41) is 7.89. The minimum absolute atomic E-state index is 0.118. The summed E-state index contributed by atoms with van der Waals surface area (Å²) in [6.45, 7) is 2.49. The number of nitrogens with zero attached hydrogens (tertiary/aromatic N) is 5. The molecule has 7 heteroatoms. The van der Waals surface area contributed by atoms with Crippen LogP contribution in [0, 0.1) is 5.92 Å². The van der Waals surface area contributed by atoms with Gasteiger partial charge in [-0.3, -0.25) is 9.25 Å². The molecule has 0 radical (unpaired) electrons. The summed E-state index contributed by atoms with van der Waals surface area (Å²) in [6, 6.07) is 4.07. The van der Waals surface area contributed by atoms with E-state index in [0.717, 1.165) is 43.9 Å². The van der Waals surface area contributed by atoms with Gasteiger partial charge in [-0.25, -0.2) is 9.97 Å². The summed E-state index contributed by atoms with van der Waals surface area (Å²) in [6.07, 6.45) is 13.6. The first-order valence-corrected chi connectivity index (χ1v) is 9.04. The molecule has 1 aliphatic heterocycles. The summed E-state index contributed by atoms with van der Waals surface area (Å²) < 4.78 is 9.84. The minimum atomic E-state index is 0.118. The van der Waals surface area contributed by atoms with E-state index in [2.05, 4.69) is 32.6 Å². The van der Waals surface area contributed by atoms with Gasteiger partial charge >= 0.3 is 0 Å². The zero-order valence-electron chi connectivity index (χ0n) is 15.0. The van der Waals surface area contributed by atoms with Gasteiger partial charge in [0.05, 0.1) is 12.3 Å². The van der Waals surface area contributed by atoms with Crippen molar-refractivity contribution in [2.45, 2.75) is 25.5 Å². The summed E-state index contributed by atoms with van der Waals surface area (Å²) in [5.41, 5.74) is 2.32. The SMILES string of the molecule is Cn1cc([C@@H]2OCCC[C@H]2CNCc2cccnc2-n2ccnc2)cn1. The smallest absolute Gasteiger partial charge is 0.142 e. The molecule has 1 aliphatic rings. The van der Waals surface area contributed by atoms with Crippen molar-refractivity contribution < 1.29 is 4.74 Å². The molecule has 3 aromatic rings. The highest BCUT2D eigenvalue weighted by molar-refractivity contribution is 5.33. The van der Waals surface area contributed by atoms with Crippen LogP contribution in [0.1, 0.15) is 30.1 Å². The average Bonchev–Trinajstić information content (AvgIpc) is 3.34. The van der Waals surface area contributed by atoms with E-state index < -0.39 is 0 Å². The van der Waals surface area contributed by atoms with Gasteiger partial charge in [0.1, 0.15) is 12.1 Å². The number of ether oxygens (including phenoxy) is 1. The lowest BCUT2D eigenvalue weighted by atomic mass is 9.91. The van der Waals surface area contributed by atoms with Gasteiger partial charge < -0.3 is 10.1 Å². The summed E-state index contributed by atoms with van der Waals surface area (Å²) in [4.78, 5) is 8.62. The minimum Gasteiger partial charge on any atom is -0.373 e. The Hall–Kier alpha value is -2.51. The molecule has 0 amide bonds. The molecule has 1 N–H and O–H groups in total. The van der Waals surface area contributed by atoms with Gasteiger partial charge in [-0.05, 0) is 18.9 Å². The van der Waals surface area contributed by atoms with Crippen molar-refractivity contribution in [1.82, 2.24) is 29.6 Å². The van der Waals surface area contributed by atoms with Crippen LogP contribution in [-0.2, 0) is 18.3 Å². The number of aryl methyl sites for hydroxylation is 1. The van der Waals surface area contributed by atoms with E-state index in [1.54, 1.807) is 12.5 Å². The van der Waals surface area contributed by atoms with Crippen LogP contribution in [0.25, 0.3) is 5.82 Å². The molecule has 0 bridgehead atoms. The van der Waals surface area contributed by atoms with Crippen molar-refractivity contribution in [3.63, 3.8) is 0 Å². The van der Waals surface area contributed by atoms with E-state index in [0.29, 0.717) is 5.92 Å². The average molecular weight is 352 g/mol. The quantitative estimate of drug-likeness (QED) is 0.737. The van der Waals surface area contributed by atoms with Crippen LogP contribution in [0.4, 0.5) is 0 Å². The Bertz CT molecular complexity index is 828. The molecule has 0 unspecified atom stereocenters. The van der Waals surface area contributed by atoms with E-state index in [4.69, 9.17) is 4.74 Å². The molecular formula is C19H24N6O. The van der Waals surface area contributed by atoms with Crippen molar-refractivity contribution in [2.75, 3.05) is 13.2 Å². The molecule has 1 fully saturated rings. The zero-order chi connectivity index (χ0) is 17.8. The second-order valence-electron chi connectivity index (χ2n) is 6.73. The molecule has 0 saturated carbocycles. The Labute approximate surface area is 153 Å². The van der Waals surface area contributed by atoms with Crippen molar-refractivity contribution in [1.29, 1.82) is 0 Å². The lowest BCUT2D eigenvalue weighted by molar-refractivity contribution is -0.0279. The number of rotatable bonds is 6. The first-order chi connectivity index (χ1) is 12.8. The summed E-state index contributed by atoms with van der Waals surface area (Å²) in [5.74, 6) is 1.36. The van der Waals surface area contributed by atoms with Crippen LogP contribution in [0.3, 0.4) is 0 Å². The van der Waals surface area contributed by atoms with E-state index >= 15 is 0 Å². The molecule has 2 atom stereocenters. The molecule has 7 nitrogen and oxygen atoms in total. The standard InChI is InChI=1S/C19H24N6O/c1-24-13-17(12-23-24)18-15(5-3-9-26-18)10-21-11-16-4-2-6-22-19(16)25-8-7-20-14-25/h2,4,6-8,12-15,18,21H,3,5,9-11H2,1H3/t15-,18+/m0/s1. The van der Waals surface area contributed by atoms with Gasteiger partial charge in [0.2, 0.25) is 0 Å². The summed E-state index contributed by atoms with van der Waals surface area (Å²) in [7, 11) is 1.94. The van der Waals surface area contributed by atoms with Gasteiger partial charge in [-0.2, -0.15) is 5.10 Å². The van der Waals surface area contributed by atoms with Gasteiger partial charge in [-0.1, -0.05) is 6.07 Å². The highest BCUT2D eigenvalue weighted by Gasteiger charge is 2.28. The molecule has 136 valence electrons. The highest BCUT2D eigenvalue weighted by atomic mass is 16.5. The Balaban J connectivity index is 1.41. The van der Waals surface area contributed by atoms with E-state index in [1.165, 1.54) is 5.56 Å². The molecule has 4 heterocycles. The third-order valence-electron chi connectivity index (χ3n) is 4.84. The lowest BCUT2D eigenvalue weighted by Gasteiger charge is -2.31. The number of aromatic nitrogens is 5. The number of hydrogen-bond acceptors (Lipinski definition) is 5. The fourth-order valence-electron chi connectivity index (χ4n) is 3.59. The molecule has 3 aromatic heterocycles. The second-order valence-corrected chi connectivity index (χ2v) is 6.73. The third-order valence-corrected chi connectivity index (χ3v) is 4.84. The van der Waals surface area contributed by atoms with Crippen molar-refractivity contribution >= 4 is 0 Å². The van der Waals surface area contributed by atoms with Gasteiger partial charge in [-0.15, -0.1) is 0 Å². The zero-order valence-corrected chi connectivity index (χ0v) is 15.0. The van der Waals surface area contributed by atoms with Crippen molar-refractivity contribution in [3.05, 3.63) is 60.6 Å². The van der Waals surface area contributed by atoms with Crippen molar-refractivity contribution in [3.8, 4) is 5.82 Å². The maximum Gasteiger partial charge on any atom is 0.142 e. The van der Waals surface area contributed by atoms with Crippen LogP contribution in [0.5, 0.6) is 0 Å². The Kier molecular flexibility index (Phi) is 5.08. The largest absolute Gasteiger partial charge is 0.373 e. The molecule has 0 spiro atoms. The lowest BCUT2D eigenvalue weighted by Crippen LogP contribution is -2.31. The maximum atomic E-state index is 6.06. The van der Waals surface area contributed by atoms with Crippen LogP contribution >= 0.6 is 0 Å². The first-order valence-electron chi connectivity index (χ1n) is 9.04. The van der Waals surface area contributed by atoms with Crippen molar-refractivity contribution in [2.24, 2.45) is 13.0 Å². The Morgan fingerprint density at radius 3 is 3.12 bits per heavy atom. The fourth-order valence-corrected chi connectivity index (χ4v) is 3.59.